The van der Waals surface area contributed by atoms with Gasteiger partial charge in [-0.05, 0) is 39.3 Å². The molecule has 2 aliphatic rings. The van der Waals surface area contributed by atoms with Crippen LogP contribution < -0.4 is 15.8 Å². The minimum Gasteiger partial charge on any atom is -0.502 e. The molecular formula is C23H25FN4O4. The molecule has 1 atom stereocenters. The average Bonchev–Trinajstić information content (AvgIpc) is 2.83. The number of fused-ring (bicyclic) bond motifs is 4. The maximum atomic E-state index is 14.1. The van der Waals surface area contributed by atoms with Crippen molar-refractivity contribution in [2.75, 3.05) is 11.7 Å². The molecule has 0 aliphatic carbocycles. The molecule has 0 saturated heterocycles. The van der Waals surface area contributed by atoms with Gasteiger partial charge in [-0.3, -0.25) is 24.1 Å². The van der Waals surface area contributed by atoms with Gasteiger partial charge in [0.15, 0.2) is 11.4 Å². The van der Waals surface area contributed by atoms with Crippen LogP contribution in [0.2, 0.25) is 0 Å². The predicted octanol–water partition coefficient (Wildman–Crippen LogP) is 2.02. The van der Waals surface area contributed by atoms with Crippen LogP contribution in [0, 0.1) is 12.7 Å². The third kappa shape index (κ3) is 3.43. The fourth-order valence-corrected chi connectivity index (χ4v) is 3.96. The van der Waals surface area contributed by atoms with Gasteiger partial charge in [0.2, 0.25) is 5.43 Å². The summed E-state index contributed by atoms with van der Waals surface area (Å²) in [5.41, 5.74) is -1.08. The van der Waals surface area contributed by atoms with Crippen LogP contribution in [0.3, 0.4) is 0 Å². The molecule has 0 radical (unpaired) electrons. The Morgan fingerprint density at radius 1 is 1.31 bits per heavy atom. The Labute approximate surface area is 184 Å². The van der Waals surface area contributed by atoms with Crippen molar-refractivity contribution >= 4 is 11.8 Å². The van der Waals surface area contributed by atoms with E-state index in [-0.39, 0.29) is 36.1 Å². The molecule has 0 unspecified atom stereocenters. The van der Waals surface area contributed by atoms with Crippen molar-refractivity contribution in [3.63, 3.8) is 0 Å². The van der Waals surface area contributed by atoms with Gasteiger partial charge < -0.3 is 15.3 Å². The third-order valence-electron chi connectivity index (χ3n) is 6.02. The Bertz CT molecular complexity index is 1220. The third-order valence-corrected chi connectivity index (χ3v) is 6.02. The number of hydrogen-bond acceptors (Lipinski definition) is 5. The molecule has 2 N–H and O–H groups in total. The Hall–Kier alpha value is -3.62. The zero-order valence-corrected chi connectivity index (χ0v) is 18.3. The average molecular weight is 440 g/mol. The van der Waals surface area contributed by atoms with E-state index in [1.807, 2.05) is 32.9 Å². The van der Waals surface area contributed by atoms with Crippen molar-refractivity contribution in [3.05, 3.63) is 75.0 Å². The molecule has 2 aromatic rings. The van der Waals surface area contributed by atoms with Crippen molar-refractivity contribution in [2.45, 2.75) is 45.8 Å². The summed E-state index contributed by atoms with van der Waals surface area (Å²) in [6.45, 7) is 7.49. The number of nitrogens with zero attached hydrogens (tertiary/aromatic N) is 3. The lowest BCUT2D eigenvalue weighted by Gasteiger charge is -2.45. The van der Waals surface area contributed by atoms with Crippen molar-refractivity contribution in [3.8, 4) is 5.75 Å². The van der Waals surface area contributed by atoms with E-state index in [1.54, 1.807) is 29.0 Å². The number of aryl methyl sites for hydroxylation is 1. The van der Waals surface area contributed by atoms with Gasteiger partial charge in [-0.15, -0.1) is 0 Å². The first-order valence-electron chi connectivity index (χ1n) is 10.3. The van der Waals surface area contributed by atoms with Gasteiger partial charge in [-0.2, -0.15) is 0 Å². The quantitative estimate of drug-likeness (QED) is 0.713. The minimum absolute atomic E-state index is 0.128. The Kier molecular flexibility index (Phi) is 5.07. The topological polar surface area (TPSA) is 94.9 Å². The number of amides is 2. The van der Waals surface area contributed by atoms with E-state index in [0.29, 0.717) is 0 Å². The number of carbonyl (C=O) groups is 2. The van der Waals surface area contributed by atoms with Crippen LogP contribution in [0.1, 0.15) is 52.7 Å². The lowest BCUT2D eigenvalue weighted by atomic mass is 10.0. The highest BCUT2D eigenvalue weighted by atomic mass is 19.1. The van der Waals surface area contributed by atoms with E-state index in [9.17, 15) is 23.9 Å². The number of aromatic hydroxyl groups is 1. The summed E-state index contributed by atoms with van der Waals surface area (Å²) in [6, 6.07) is 4.46. The zero-order valence-electron chi connectivity index (χ0n) is 18.3. The van der Waals surface area contributed by atoms with Crippen LogP contribution in [0.25, 0.3) is 0 Å². The Morgan fingerprint density at radius 2 is 2.03 bits per heavy atom. The second-order valence-electron chi connectivity index (χ2n) is 8.76. The lowest BCUT2D eigenvalue weighted by molar-refractivity contribution is 0.0545. The number of benzene rings is 1. The maximum absolute atomic E-state index is 14.1. The van der Waals surface area contributed by atoms with Crippen LogP contribution in [-0.2, 0) is 6.54 Å². The summed E-state index contributed by atoms with van der Waals surface area (Å²) >= 11 is 0. The van der Waals surface area contributed by atoms with Crippen molar-refractivity contribution in [1.29, 1.82) is 0 Å². The van der Waals surface area contributed by atoms with E-state index >= 15 is 0 Å². The van der Waals surface area contributed by atoms with Crippen molar-refractivity contribution in [2.24, 2.45) is 0 Å². The molecule has 2 aliphatic heterocycles. The minimum atomic E-state index is -0.953. The molecule has 2 bridgehead atoms. The number of aromatic nitrogens is 1. The van der Waals surface area contributed by atoms with Crippen LogP contribution in [-0.4, -0.2) is 44.7 Å². The molecule has 168 valence electrons. The fraction of sp³-hybridized carbons (Fsp3) is 0.348. The number of carbonyl (C=O) groups excluding carboxylic acids is 2. The van der Waals surface area contributed by atoms with Crippen molar-refractivity contribution < 1.29 is 19.1 Å². The highest BCUT2D eigenvalue weighted by Crippen LogP contribution is 2.30. The molecule has 0 saturated carbocycles. The number of halogens is 1. The van der Waals surface area contributed by atoms with Crippen LogP contribution in [0.15, 0.2) is 41.3 Å². The van der Waals surface area contributed by atoms with Gasteiger partial charge in [0.25, 0.3) is 11.8 Å². The highest BCUT2D eigenvalue weighted by molar-refractivity contribution is 5.99. The number of pyridine rings is 1. The first-order valence-corrected chi connectivity index (χ1v) is 10.3. The van der Waals surface area contributed by atoms with E-state index in [1.165, 1.54) is 16.9 Å². The van der Waals surface area contributed by atoms with E-state index in [4.69, 9.17) is 0 Å². The molecule has 2 amide bonds. The zero-order chi connectivity index (χ0) is 23.4. The van der Waals surface area contributed by atoms with Gasteiger partial charge >= 0.3 is 0 Å². The fourth-order valence-electron chi connectivity index (χ4n) is 3.96. The van der Waals surface area contributed by atoms with Gasteiger partial charge in [-0.1, -0.05) is 24.3 Å². The summed E-state index contributed by atoms with van der Waals surface area (Å²) < 4.78 is 15.5. The second kappa shape index (κ2) is 7.51. The molecule has 9 heteroatoms. The van der Waals surface area contributed by atoms with Crippen LogP contribution in [0.4, 0.5) is 4.39 Å². The molecule has 0 fully saturated rings. The van der Waals surface area contributed by atoms with Crippen LogP contribution in [0.5, 0.6) is 5.75 Å². The van der Waals surface area contributed by atoms with Gasteiger partial charge in [-0.25, -0.2) is 4.39 Å². The summed E-state index contributed by atoms with van der Waals surface area (Å²) in [4.78, 5) is 40.3. The lowest BCUT2D eigenvalue weighted by Crippen LogP contribution is -2.60. The normalized spacial score (nSPS) is 18.9. The molecule has 3 heterocycles. The number of rotatable bonds is 3. The molecule has 0 spiro atoms. The largest absolute Gasteiger partial charge is 0.502 e. The van der Waals surface area contributed by atoms with E-state index in [2.05, 4.69) is 5.32 Å². The molecule has 1 aromatic carbocycles. The van der Waals surface area contributed by atoms with Gasteiger partial charge in [0, 0.05) is 18.3 Å². The monoisotopic (exact) mass is 440 g/mol. The molecule has 8 nitrogen and oxygen atoms in total. The molecule has 1 aromatic heterocycles. The molecule has 32 heavy (non-hydrogen) atoms. The van der Waals surface area contributed by atoms with E-state index in [0.717, 1.165) is 5.56 Å². The molecular weight excluding hydrogens is 415 g/mol. The number of hydrogen-bond donors (Lipinski definition) is 2. The summed E-state index contributed by atoms with van der Waals surface area (Å²) in [7, 11) is 0. The first-order chi connectivity index (χ1) is 15.0. The Morgan fingerprint density at radius 3 is 2.72 bits per heavy atom. The highest BCUT2D eigenvalue weighted by Gasteiger charge is 2.42. The molecule has 4 rings (SSSR count). The van der Waals surface area contributed by atoms with Crippen LogP contribution >= 0.6 is 0 Å². The maximum Gasteiger partial charge on any atom is 0.278 e. The number of nitrogens with one attached hydrogen (secondary N) is 1. The smallest absolute Gasteiger partial charge is 0.278 e. The summed E-state index contributed by atoms with van der Waals surface area (Å²) in [6.07, 6.45) is 5.09. The summed E-state index contributed by atoms with van der Waals surface area (Å²) in [5, 5.41) is 14.9. The SMILES string of the molecule is Cc1ccc(CNC(=O)c2cn3c(c(O)c2=O)C(=O)N2CN3[C@H](C)C=CC2(C)C)c(F)c1. The van der Waals surface area contributed by atoms with Gasteiger partial charge in [0.1, 0.15) is 18.0 Å². The standard InChI is InChI=1S/C23H25FN4O4/c1-13-5-6-15(17(24)9-13)10-25-21(31)16-11-27-18(20(30)19(16)29)22(32)26-12-28(27)14(2)7-8-23(26,3)4/h5-9,11,14,30H,10,12H2,1-4H3,(H,25,31)/t14-/m1/s1. The first kappa shape index (κ1) is 21.6. The summed E-state index contributed by atoms with van der Waals surface area (Å²) in [5.74, 6) is -2.53. The van der Waals surface area contributed by atoms with E-state index < -0.39 is 34.3 Å². The van der Waals surface area contributed by atoms with Gasteiger partial charge in [0.05, 0.1) is 11.6 Å². The predicted molar refractivity (Wildman–Crippen MR) is 117 cm³/mol. The second-order valence-corrected chi connectivity index (χ2v) is 8.76. The Balaban J connectivity index is 1.72. The van der Waals surface area contributed by atoms with Crippen molar-refractivity contribution in [1.82, 2.24) is 14.9 Å².